The molecule has 200 valence electrons. The minimum absolute atomic E-state index is 0.0833. The number of carboxylic acid groups (broad SMARTS) is 1. The maximum Gasteiger partial charge on any atom is 0.408 e. The van der Waals surface area contributed by atoms with Crippen LogP contribution in [0.4, 0.5) is 4.79 Å². The van der Waals surface area contributed by atoms with E-state index in [9.17, 15) is 14.1 Å². The zero-order valence-electron chi connectivity index (χ0n) is 21.3. The number of nitrogens with one attached hydrogen (secondary N) is 1. The van der Waals surface area contributed by atoms with Crippen molar-refractivity contribution in [2.45, 2.75) is 41.8 Å². The Morgan fingerprint density at radius 1 is 1.26 bits per heavy atom. The predicted octanol–water partition coefficient (Wildman–Crippen LogP) is 2.70. The molecule has 38 heavy (non-hydrogen) atoms. The van der Waals surface area contributed by atoms with Crippen molar-refractivity contribution in [2.75, 3.05) is 39.9 Å². The van der Waals surface area contributed by atoms with Crippen LogP contribution in [0.3, 0.4) is 0 Å². The lowest BCUT2D eigenvalue weighted by atomic mass is 9.80. The average Bonchev–Trinajstić information content (AvgIpc) is 3.17. The van der Waals surface area contributed by atoms with Crippen LogP contribution in [0.2, 0.25) is 0 Å². The summed E-state index contributed by atoms with van der Waals surface area (Å²) in [5, 5.41) is 15.9. The number of nitrogens with zero attached hydrogens (tertiary/aromatic N) is 3. The number of aromatic nitrogens is 2. The van der Waals surface area contributed by atoms with Gasteiger partial charge in [0, 0.05) is 44.5 Å². The standard InChI is InChI=1S/C27H30N4O6S/c1-35-16-37-27(20-9-5-7-17-6-3-4-8-19(17)20)22-21(11-13-36-27)29-24(38(2)34)30-23(22)26-12-10-18(14-28-15-26)31(26)25(32)33/h3-9,18,28H,10-16H2,1-2H3,(H,32,33). The Morgan fingerprint density at radius 3 is 2.87 bits per heavy atom. The van der Waals surface area contributed by atoms with E-state index in [2.05, 4.69) is 5.32 Å². The molecule has 2 aromatic carbocycles. The van der Waals surface area contributed by atoms with Crippen molar-refractivity contribution in [3.63, 3.8) is 0 Å². The lowest BCUT2D eigenvalue weighted by Gasteiger charge is -2.47. The first-order valence-corrected chi connectivity index (χ1v) is 14.2. The van der Waals surface area contributed by atoms with Gasteiger partial charge in [0.05, 0.1) is 34.4 Å². The second-order valence-electron chi connectivity index (χ2n) is 9.93. The quantitative estimate of drug-likeness (QED) is 0.360. The third kappa shape index (κ3) is 3.76. The lowest BCUT2D eigenvalue weighted by Crippen LogP contribution is -2.61. The Kier molecular flexibility index (Phi) is 6.43. The highest BCUT2D eigenvalue weighted by Gasteiger charge is 2.58. The molecule has 2 fully saturated rings. The summed E-state index contributed by atoms with van der Waals surface area (Å²) in [6.07, 6.45) is 2.21. The molecule has 0 saturated carbocycles. The maximum absolute atomic E-state index is 12.7. The molecule has 4 atom stereocenters. The van der Waals surface area contributed by atoms with Gasteiger partial charge in [-0.2, -0.15) is 0 Å². The maximum atomic E-state index is 12.7. The Labute approximate surface area is 222 Å². The third-order valence-electron chi connectivity index (χ3n) is 7.88. The molecule has 10 nitrogen and oxygen atoms in total. The Morgan fingerprint density at radius 2 is 2.08 bits per heavy atom. The molecule has 2 bridgehead atoms. The van der Waals surface area contributed by atoms with Gasteiger partial charge in [-0.15, -0.1) is 0 Å². The molecule has 0 spiro atoms. The van der Waals surface area contributed by atoms with Crippen LogP contribution >= 0.6 is 0 Å². The van der Waals surface area contributed by atoms with Crippen molar-refractivity contribution in [2.24, 2.45) is 0 Å². The van der Waals surface area contributed by atoms with Crippen LogP contribution < -0.4 is 5.32 Å². The molecule has 3 aliphatic heterocycles. The topological polar surface area (TPSA) is 123 Å². The Balaban J connectivity index is 1.70. The Hall–Kier alpha value is -2.96. The molecule has 0 radical (unpaired) electrons. The van der Waals surface area contributed by atoms with E-state index in [0.29, 0.717) is 55.9 Å². The second kappa shape index (κ2) is 9.65. The molecule has 4 unspecified atom stereocenters. The monoisotopic (exact) mass is 538 g/mol. The Bertz CT molecular complexity index is 1430. The van der Waals surface area contributed by atoms with Gasteiger partial charge in [0.1, 0.15) is 5.54 Å². The van der Waals surface area contributed by atoms with Crippen LogP contribution in [0, 0.1) is 0 Å². The number of ether oxygens (including phenoxy) is 3. The van der Waals surface area contributed by atoms with Gasteiger partial charge < -0.3 is 24.6 Å². The van der Waals surface area contributed by atoms with Crippen molar-refractivity contribution in [1.82, 2.24) is 20.2 Å². The summed E-state index contributed by atoms with van der Waals surface area (Å²) >= 11 is 0. The largest absolute Gasteiger partial charge is 0.465 e. The van der Waals surface area contributed by atoms with E-state index in [1.54, 1.807) is 7.11 Å². The first kappa shape index (κ1) is 25.3. The fourth-order valence-corrected chi connectivity index (χ4v) is 6.83. The fraction of sp³-hybridized carbons (Fsp3) is 0.444. The van der Waals surface area contributed by atoms with Crippen molar-refractivity contribution in [3.05, 3.63) is 65.0 Å². The fourth-order valence-electron chi connectivity index (χ4n) is 6.37. The molecule has 2 N–H and O–H groups in total. The zero-order chi connectivity index (χ0) is 26.5. The summed E-state index contributed by atoms with van der Waals surface area (Å²) in [6.45, 7) is 1.15. The van der Waals surface area contributed by atoms with E-state index in [1.165, 1.54) is 11.2 Å². The van der Waals surface area contributed by atoms with Crippen LogP contribution in [0.15, 0.2) is 47.6 Å². The van der Waals surface area contributed by atoms with Crippen molar-refractivity contribution in [1.29, 1.82) is 0 Å². The van der Waals surface area contributed by atoms with E-state index >= 15 is 0 Å². The molecule has 0 aliphatic carbocycles. The van der Waals surface area contributed by atoms with E-state index < -0.39 is 28.2 Å². The summed E-state index contributed by atoms with van der Waals surface area (Å²) in [7, 11) is 0.0583. The van der Waals surface area contributed by atoms with Gasteiger partial charge in [0.2, 0.25) is 10.9 Å². The lowest BCUT2D eigenvalue weighted by molar-refractivity contribution is -0.258. The van der Waals surface area contributed by atoms with Gasteiger partial charge in [-0.05, 0) is 23.6 Å². The van der Waals surface area contributed by atoms with Crippen molar-refractivity contribution < 1.29 is 28.3 Å². The first-order chi connectivity index (χ1) is 18.4. The number of hydrogen-bond acceptors (Lipinski definition) is 8. The summed E-state index contributed by atoms with van der Waals surface area (Å²) in [4.78, 5) is 23.8. The van der Waals surface area contributed by atoms with E-state index in [0.717, 1.165) is 16.3 Å². The predicted molar refractivity (Wildman–Crippen MR) is 139 cm³/mol. The van der Waals surface area contributed by atoms with Gasteiger partial charge in [0.25, 0.3) is 0 Å². The number of carbonyl (C=O) groups is 1. The van der Waals surface area contributed by atoms with Crippen LogP contribution in [0.1, 0.15) is 35.4 Å². The van der Waals surface area contributed by atoms with Crippen molar-refractivity contribution in [3.8, 4) is 0 Å². The van der Waals surface area contributed by atoms with E-state index in [1.807, 2.05) is 42.5 Å². The number of hydrogen-bond donors (Lipinski definition) is 2. The molecule has 3 aromatic rings. The highest BCUT2D eigenvalue weighted by molar-refractivity contribution is 7.84. The molecule has 4 heterocycles. The van der Waals surface area contributed by atoms with Crippen LogP contribution in [0.5, 0.6) is 0 Å². The van der Waals surface area contributed by atoms with Crippen LogP contribution in [-0.4, -0.2) is 76.2 Å². The molecule has 2 saturated heterocycles. The van der Waals surface area contributed by atoms with Gasteiger partial charge in [-0.1, -0.05) is 42.5 Å². The smallest absolute Gasteiger partial charge is 0.408 e. The normalized spacial score (nSPS) is 27.3. The molecule has 11 heteroatoms. The van der Waals surface area contributed by atoms with Crippen molar-refractivity contribution >= 4 is 27.7 Å². The van der Waals surface area contributed by atoms with Gasteiger partial charge in [0.15, 0.2) is 6.79 Å². The average molecular weight is 539 g/mol. The molecular formula is C27H30N4O6S. The third-order valence-corrected chi connectivity index (χ3v) is 8.58. The number of fused-ring (bicyclic) bond motifs is 4. The summed E-state index contributed by atoms with van der Waals surface area (Å²) in [5.41, 5.74) is 1.45. The number of methoxy groups -OCH3 is 1. The van der Waals surface area contributed by atoms with Gasteiger partial charge >= 0.3 is 6.09 Å². The van der Waals surface area contributed by atoms with Crippen LogP contribution in [0.25, 0.3) is 10.8 Å². The number of benzene rings is 2. The first-order valence-electron chi connectivity index (χ1n) is 12.6. The van der Waals surface area contributed by atoms with Gasteiger partial charge in [-0.3, -0.25) is 9.11 Å². The summed E-state index contributed by atoms with van der Waals surface area (Å²) in [5.74, 6) is -1.47. The highest BCUT2D eigenvalue weighted by atomic mass is 32.2. The van der Waals surface area contributed by atoms with Gasteiger partial charge in [-0.25, -0.2) is 14.8 Å². The molecule has 1 amide bonds. The van der Waals surface area contributed by atoms with Crippen LogP contribution in [-0.2, 0) is 42.8 Å². The summed E-state index contributed by atoms with van der Waals surface area (Å²) < 4.78 is 31.2. The molecular weight excluding hydrogens is 508 g/mol. The van der Waals surface area contributed by atoms with E-state index in [-0.39, 0.29) is 18.0 Å². The number of rotatable bonds is 6. The molecule has 1 aromatic heterocycles. The van der Waals surface area contributed by atoms with E-state index in [4.69, 9.17) is 24.2 Å². The zero-order valence-corrected chi connectivity index (χ0v) is 22.1. The molecule has 3 aliphatic rings. The number of piperazine rings is 1. The number of amides is 1. The minimum atomic E-state index is -1.48. The minimum Gasteiger partial charge on any atom is -0.465 e. The SMILES string of the molecule is COCOC1(c2cccc3ccccc23)OCCc2nc(S(C)=O)nc(C34CCC(CNC3)N4C(=O)O)c21. The highest BCUT2D eigenvalue weighted by Crippen LogP contribution is 2.51. The second-order valence-corrected chi connectivity index (χ2v) is 11.2. The summed E-state index contributed by atoms with van der Waals surface area (Å²) in [6, 6.07) is 13.7. The molecule has 6 rings (SSSR count).